The topological polar surface area (TPSA) is 25.2 Å². The second kappa shape index (κ2) is 4.24. The molecule has 0 radical (unpaired) electrons. The van der Waals surface area contributed by atoms with E-state index in [9.17, 15) is 0 Å². The fraction of sp³-hybridized carbons (Fsp3) is 0. The van der Waals surface area contributed by atoms with E-state index in [0.717, 1.165) is 10.6 Å². The van der Waals surface area contributed by atoms with Crippen LogP contribution in [0.15, 0.2) is 40.7 Å². The summed E-state index contributed by atoms with van der Waals surface area (Å²) in [6.07, 6.45) is 0. The zero-order chi connectivity index (χ0) is 9.80. The maximum absolute atomic E-state index is 4.51. The lowest BCUT2D eigenvalue weighted by atomic mass is 10.2. The second-order valence-corrected chi connectivity index (χ2v) is 3.62. The average molecular weight is 218 g/mol. The van der Waals surface area contributed by atoms with Gasteiger partial charge in [-0.3, -0.25) is 0 Å². The van der Waals surface area contributed by atoms with Crippen LogP contribution in [0.4, 0.5) is 5.82 Å². The fourth-order valence-electron chi connectivity index (χ4n) is 1.08. The third kappa shape index (κ3) is 1.93. The molecule has 1 heterocycles. The van der Waals surface area contributed by atoms with Crippen molar-refractivity contribution in [1.29, 1.82) is 0 Å². The average Bonchev–Trinajstić information content (AvgIpc) is 2.68. The van der Waals surface area contributed by atoms with Gasteiger partial charge in [-0.1, -0.05) is 30.3 Å². The molecule has 0 fully saturated rings. The number of hydrogen-bond donors (Lipinski definition) is 0. The van der Waals surface area contributed by atoms with Crippen molar-refractivity contribution in [3.63, 3.8) is 0 Å². The number of hydrogen-bond acceptors (Lipinski definition) is 4. The summed E-state index contributed by atoms with van der Waals surface area (Å²) in [5, 5.41) is 5.12. The van der Waals surface area contributed by atoms with Crippen LogP contribution in [0.1, 0.15) is 0 Å². The van der Waals surface area contributed by atoms with Crippen molar-refractivity contribution >= 4 is 34.5 Å². The molecular formula is C10H6N2S2. The van der Waals surface area contributed by atoms with Crippen molar-refractivity contribution in [3.8, 4) is 10.6 Å². The Morgan fingerprint density at radius 1 is 1.29 bits per heavy atom. The third-order valence-electron chi connectivity index (χ3n) is 1.67. The highest BCUT2D eigenvalue weighted by Gasteiger charge is 2.01. The highest BCUT2D eigenvalue weighted by molar-refractivity contribution is 7.78. The molecule has 0 saturated carbocycles. The molecule has 1 aromatic heterocycles. The molecule has 0 bridgehead atoms. The minimum absolute atomic E-state index is 0.629. The van der Waals surface area contributed by atoms with Crippen LogP contribution in [-0.4, -0.2) is 10.1 Å². The predicted octanol–water partition coefficient (Wildman–Crippen LogP) is 3.54. The molecule has 0 unspecified atom stereocenters. The lowest BCUT2D eigenvalue weighted by Crippen LogP contribution is -1.72. The molecule has 0 spiro atoms. The normalized spacial score (nSPS) is 9.43. The fourth-order valence-corrected chi connectivity index (χ4v) is 1.91. The number of thiazole rings is 1. The van der Waals surface area contributed by atoms with Crippen LogP contribution >= 0.6 is 23.6 Å². The van der Waals surface area contributed by atoms with Gasteiger partial charge in [-0.15, -0.1) is 11.3 Å². The van der Waals surface area contributed by atoms with Crippen LogP contribution in [0.25, 0.3) is 10.6 Å². The maximum Gasteiger partial charge on any atom is 0.174 e. The highest BCUT2D eigenvalue weighted by Crippen LogP contribution is 2.26. The lowest BCUT2D eigenvalue weighted by molar-refractivity contribution is 1.35. The number of nitrogens with zero attached hydrogens (tertiary/aromatic N) is 2. The Morgan fingerprint density at radius 2 is 2.07 bits per heavy atom. The Morgan fingerprint density at radius 3 is 2.79 bits per heavy atom. The molecule has 0 atom stereocenters. The Labute approximate surface area is 91.0 Å². The summed E-state index contributed by atoms with van der Waals surface area (Å²) in [5.74, 6) is 0.629. The number of aromatic nitrogens is 1. The first-order valence-corrected chi connectivity index (χ1v) is 5.28. The Balaban J connectivity index is 2.39. The van der Waals surface area contributed by atoms with E-state index in [2.05, 4.69) is 27.4 Å². The zero-order valence-corrected chi connectivity index (χ0v) is 8.81. The predicted molar refractivity (Wildman–Crippen MR) is 62.2 cm³/mol. The zero-order valence-electron chi connectivity index (χ0n) is 7.18. The molecule has 0 saturated heterocycles. The molecule has 14 heavy (non-hydrogen) atoms. The van der Waals surface area contributed by atoms with Crippen molar-refractivity contribution < 1.29 is 0 Å². The van der Waals surface area contributed by atoms with Gasteiger partial charge in [0.25, 0.3) is 0 Å². The van der Waals surface area contributed by atoms with Gasteiger partial charge in [0, 0.05) is 10.9 Å². The summed E-state index contributed by atoms with van der Waals surface area (Å²) in [5.41, 5.74) is 1.10. The molecule has 1 aromatic carbocycles. The van der Waals surface area contributed by atoms with E-state index >= 15 is 0 Å². The van der Waals surface area contributed by atoms with Crippen molar-refractivity contribution in [2.24, 2.45) is 4.99 Å². The molecule has 0 aliphatic rings. The lowest BCUT2D eigenvalue weighted by Gasteiger charge is -1.92. The standard InChI is InChI=1S/C10H6N2S2/c13-7-11-9-6-14-10(12-9)8-4-2-1-3-5-8/h1-6H. The van der Waals surface area contributed by atoms with Crippen LogP contribution in [0.2, 0.25) is 0 Å². The monoisotopic (exact) mass is 218 g/mol. The molecular weight excluding hydrogens is 212 g/mol. The number of rotatable bonds is 2. The van der Waals surface area contributed by atoms with Gasteiger partial charge in [-0.05, 0) is 12.2 Å². The minimum Gasteiger partial charge on any atom is -0.216 e. The number of isothiocyanates is 1. The smallest absolute Gasteiger partial charge is 0.174 e. The van der Waals surface area contributed by atoms with E-state index in [-0.39, 0.29) is 0 Å². The van der Waals surface area contributed by atoms with E-state index in [1.165, 1.54) is 0 Å². The minimum atomic E-state index is 0.629. The summed E-state index contributed by atoms with van der Waals surface area (Å²) in [6.45, 7) is 0. The second-order valence-electron chi connectivity index (χ2n) is 2.58. The molecule has 0 N–H and O–H groups in total. The van der Waals surface area contributed by atoms with Gasteiger partial charge >= 0.3 is 0 Å². The quantitative estimate of drug-likeness (QED) is 0.569. The number of aliphatic imine (C=N–C) groups is 1. The first-order valence-electron chi connectivity index (χ1n) is 3.99. The molecule has 0 amide bonds. The molecule has 68 valence electrons. The molecule has 0 aliphatic carbocycles. The number of benzene rings is 1. The maximum atomic E-state index is 4.51. The first-order chi connectivity index (χ1) is 6.90. The summed E-state index contributed by atoms with van der Waals surface area (Å²) < 4.78 is 0. The molecule has 4 heteroatoms. The van der Waals surface area contributed by atoms with Gasteiger partial charge < -0.3 is 0 Å². The molecule has 2 aromatic rings. The van der Waals surface area contributed by atoms with E-state index < -0.39 is 0 Å². The third-order valence-corrected chi connectivity index (χ3v) is 2.64. The first kappa shape index (κ1) is 9.21. The largest absolute Gasteiger partial charge is 0.216 e. The van der Waals surface area contributed by atoms with Crippen LogP contribution in [0.3, 0.4) is 0 Å². The summed E-state index contributed by atoms with van der Waals surface area (Å²) in [6, 6.07) is 9.98. The molecule has 2 rings (SSSR count). The van der Waals surface area contributed by atoms with Crippen LogP contribution in [0, 0.1) is 0 Å². The van der Waals surface area contributed by atoms with E-state index in [1.54, 1.807) is 11.3 Å². The van der Waals surface area contributed by atoms with Gasteiger partial charge in [-0.2, -0.15) is 4.99 Å². The Bertz CT molecular complexity index is 470. The van der Waals surface area contributed by atoms with Crippen molar-refractivity contribution in [3.05, 3.63) is 35.7 Å². The van der Waals surface area contributed by atoms with Crippen molar-refractivity contribution in [1.82, 2.24) is 4.98 Å². The Kier molecular flexibility index (Phi) is 2.79. The van der Waals surface area contributed by atoms with Gasteiger partial charge in [0.15, 0.2) is 5.82 Å². The van der Waals surface area contributed by atoms with Gasteiger partial charge in [0.2, 0.25) is 0 Å². The van der Waals surface area contributed by atoms with Crippen molar-refractivity contribution in [2.45, 2.75) is 0 Å². The Hall–Kier alpha value is -1.35. The highest BCUT2D eigenvalue weighted by atomic mass is 32.1. The number of thiocarbonyl (C=S) groups is 1. The summed E-state index contributed by atoms with van der Waals surface area (Å²) in [7, 11) is 0. The van der Waals surface area contributed by atoms with Gasteiger partial charge in [-0.25, -0.2) is 4.98 Å². The summed E-state index contributed by atoms with van der Waals surface area (Å²) in [4.78, 5) is 8.11. The molecule has 0 aliphatic heterocycles. The van der Waals surface area contributed by atoms with E-state index in [0.29, 0.717) is 5.82 Å². The van der Waals surface area contributed by atoms with Crippen molar-refractivity contribution in [2.75, 3.05) is 0 Å². The SMILES string of the molecule is S=C=Nc1csc(-c2ccccc2)n1. The van der Waals surface area contributed by atoms with Crippen LogP contribution in [0.5, 0.6) is 0 Å². The van der Waals surface area contributed by atoms with E-state index in [1.807, 2.05) is 35.7 Å². The van der Waals surface area contributed by atoms with E-state index in [4.69, 9.17) is 0 Å². The summed E-state index contributed by atoms with van der Waals surface area (Å²) >= 11 is 6.06. The van der Waals surface area contributed by atoms with Gasteiger partial charge in [0.1, 0.15) is 5.01 Å². The van der Waals surface area contributed by atoms with Crippen LogP contribution in [-0.2, 0) is 0 Å². The molecule has 2 nitrogen and oxygen atoms in total. The van der Waals surface area contributed by atoms with Gasteiger partial charge in [0.05, 0.1) is 5.16 Å². The van der Waals surface area contributed by atoms with Crippen LogP contribution < -0.4 is 0 Å².